The largest absolute Gasteiger partial charge is 0.338 e. The van der Waals surface area contributed by atoms with Gasteiger partial charge in [0.05, 0.1) is 11.6 Å². The number of hydrogen-bond donors (Lipinski definition) is 1. The number of anilines is 1. The van der Waals surface area contributed by atoms with Crippen molar-refractivity contribution in [2.24, 2.45) is 0 Å². The van der Waals surface area contributed by atoms with Crippen molar-refractivity contribution in [3.63, 3.8) is 0 Å². The van der Waals surface area contributed by atoms with E-state index in [1.54, 1.807) is 27.8 Å². The predicted molar refractivity (Wildman–Crippen MR) is 120 cm³/mol. The summed E-state index contributed by atoms with van der Waals surface area (Å²) >= 11 is 0. The van der Waals surface area contributed by atoms with Crippen LogP contribution in [-0.2, 0) is 17.8 Å². The second kappa shape index (κ2) is 9.43. The second-order valence-electron chi connectivity index (χ2n) is 8.32. The first-order valence-corrected chi connectivity index (χ1v) is 11.0. The number of rotatable bonds is 6. The third-order valence-corrected chi connectivity index (χ3v) is 5.56. The molecule has 1 aliphatic heterocycles. The van der Waals surface area contributed by atoms with Gasteiger partial charge in [0.25, 0.3) is 5.91 Å². The number of hydrogen-bond acceptors (Lipinski definition) is 6. The van der Waals surface area contributed by atoms with Crippen molar-refractivity contribution in [3.05, 3.63) is 52.8 Å². The number of halogens is 1. The smallest absolute Gasteiger partial charge is 0.259 e. The SMILES string of the molecule is CCCC(=O)N1CCc2cc(F)c(C(=O)Nc3cccc(-c4nnnn4C(C)C)n3)cc2C1. The highest BCUT2D eigenvalue weighted by atomic mass is 19.1. The number of aromatic nitrogens is 5. The fraction of sp³-hybridized carbons (Fsp3) is 0.391. The van der Waals surface area contributed by atoms with Gasteiger partial charge in [-0.05, 0) is 72.5 Å². The number of nitrogens with zero attached hydrogens (tertiary/aromatic N) is 6. The Labute approximate surface area is 191 Å². The summed E-state index contributed by atoms with van der Waals surface area (Å²) in [6, 6.07) is 8.04. The molecule has 0 saturated heterocycles. The zero-order chi connectivity index (χ0) is 23.5. The predicted octanol–water partition coefficient (Wildman–Crippen LogP) is 3.39. The molecule has 33 heavy (non-hydrogen) atoms. The quantitative estimate of drug-likeness (QED) is 0.616. The van der Waals surface area contributed by atoms with E-state index < -0.39 is 11.7 Å². The fourth-order valence-corrected chi connectivity index (χ4v) is 3.86. The van der Waals surface area contributed by atoms with E-state index in [1.807, 2.05) is 20.8 Å². The van der Waals surface area contributed by atoms with Crippen LogP contribution in [0, 0.1) is 5.82 Å². The summed E-state index contributed by atoms with van der Waals surface area (Å²) in [5.74, 6) is -0.409. The van der Waals surface area contributed by atoms with Crippen molar-refractivity contribution in [1.29, 1.82) is 0 Å². The molecular formula is C23H26FN7O2. The molecule has 0 atom stereocenters. The third-order valence-electron chi connectivity index (χ3n) is 5.56. The molecule has 3 aromatic rings. The Balaban J connectivity index is 1.55. The monoisotopic (exact) mass is 451 g/mol. The maximum absolute atomic E-state index is 14.8. The Morgan fingerprint density at radius 3 is 2.79 bits per heavy atom. The number of pyridine rings is 1. The molecule has 0 saturated carbocycles. The molecule has 1 N–H and O–H groups in total. The fourth-order valence-electron chi connectivity index (χ4n) is 3.86. The average Bonchev–Trinajstić information content (AvgIpc) is 3.29. The average molecular weight is 452 g/mol. The van der Waals surface area contributed by atoms with Crippen molar-refractivity contribution in [1.82, 2.24) is 30.1 Å². The van der Waals surface area contributed by atoms with Crippen LogP contribution < -0.4 is 5.32 Å². The molecule has 0 bridgehead atoms. The van der Waals surface area contributed by atoms with E-state index in [9.17, 15) is 14.0 Å². The summed E-state index contributed by atoms with van der Waals surface area (Å²) in [4.78, 5) is 31.4. The Morgan fingerprint density at radius 2 is 2.03 bits per heavy atom. The first kappa shape index (κ1) is 22.5. The molecule has 1 aliphatic rings. The van der Waals surface area contributed by atoms with Crippen LogP contribution in [-0.4, -0.2) is 48.5 Å². The summed E-state index contributed by atoms with van der Waals surface area (Å²) in [5, 5.41) is 14.3. The van der Waals surface area contributed by atoms with Crippen LogP contribution in [0.5, 0.6) is 0 Å². The Kier molecular flexibility index (Phi) is 6.43. The van der Waals surface area contributed by atoms with Crippen molar-refractivity contribution in [2.75, 3.05) is 11.9 Å². The molecule has 2 aromatic heterocycles. The maximum Gasteiger partial charge on any atom is 0.259 e. The van der Waals surface area contributed by atoms with Gasteiger partial charge in [0.1, 0.15) is 17.3 Å². The van der Waals surface area contributed by atoms with Crippen molar-refractivity contribution < 1.29 is 14.0 Å². The lowest BCUT2D eigenvalue weighted by molar-refractivity contribution is -0.132. The molecule has 9 nitrogen and oxygen atoms in total. The molecule has 10 heteroatoms. The Morgan fingerprint density at radius 1 is 1.21 bits per heavy atom. The van der Waals surface area contributed by atoms with Gasteiger partial charge in [-0.1, -0.05) is 13.0 Å². The van der Waals surface area contributed by atoms with Crippen LogP contribution in [0.3, 0.4) is 0 Å². The summed E-state index contributed by atoms with van der Waals surface area (Å²) < 4.78 is 16.4. The highest BCUT2D eigenvalue weighted by Crippen LogP contribution is 2.25. The van der Waals surface area contributed by atoms with Gasteiger partial charge in [0.2, 0.25) is 11.7 Å². The molecule has 0 radical (unpaired) electrons. The zero-order valence-corrected chi connectivity index (χ0v) is 18.9. The van der Waals surface area contributed by atoms with Crippen LogP contribution in [0.2, 0.25) is 0 Å². The normalized spacial score (nSPS) is 13.2. The Hall–Kier alpha value is -3.69. The van der Waals surface area contributed by atoms with Crippen LogP contribution >= 0.6 is 0 Å². The number of carbonyl (C=O) groups is 2. The van der Waals surface area contributed by atoms with E-state index in [-0.39, 0.29) is 23.3 Å². The van der Waals surface area contributed by atoms with Gasteiger partial charge >= 0.3 is 0 Å². The van der Waals surface area contributed by atoms with Crippen molar-refractivity contribution in [3.8, 4) is 11.5 Å². The molecular weight excluding hydrogens is 425 g/mol. The lowest BCUT2D eigenvalue weighted by Crippen LogP contribution is -2.36. The van der Waals surface area contributed by atoms with E-state index in [0.29, 0.717) is 37.4 Å². The van der Waals surface area contributed by atoms with Crippen molar-refractivity contribution >= 4 is 17.6 Å². The maximum atomic E-state index is 14.8. The molecule has 3 heterocycles. The summed E-state index contributed by atoms with van der Waals surface area (Å²) in [7, 11) is 0. The first-order valence-electron chi connectivity index (χ1n) is 11.0. The third kappa shape index (κ3) is 4.74. The van der Waals surface area contributed by atoms with Gasteiger partial charge in [-0.3, -0.25) is 9.59 Å². The second-order valence-corrected chi connectivity index (χ2v) is 8.32. The molecule has 0 unspecified atom stereocenters. The number of tetrazole rings is 1. The van der Waals surface area contributed by atoms with E-state index in [2.05, 4.69) is 25.8 Å². The van der Waals surface area contributed by atoms with Gasteiger partial charge in [0.15, 0.2) is 0 Å². The summed E-state index contributed by atoms with van der Waals surface area (Å²) in [6.07, 6.45) is 1.82. The van der Waals surface area contributed by atoms with Crippen LogP contribution in [0.25, 0.3) is 11.5 Å². The van der Waals surface area contributed by atoms with Gasteiger partial charge < -0.3 is 10.2 Å². The lowest BCUT2D eigenvalue weighted by atomic mass is 9.96. The number of benzene rings is 1. The van der Waals surface area contributed by atoms with Crippen LogP contribution in [0.15, 0.2) is 30.3 Å². The zero-order valence-electron chi connectivity index (χ0n) is 18.9. The minimum atomic E-state index is -0.611. The number of carbonyl (C=O) groups excluding carboxylic acids is 2. The van der Waals surface area contributed by atoms with E-state index in [0.717, 1.165) is 17.5 Å². The lowest BCUT2D eigenvalue weighted by Gasteiger charge is -2.29. The van der Waals surface area contributed by atoms with E-state index in [4.69, 9.17) is 0 Å². The van der Waals surface area contributed by atoms with Crippen molar-refractivity contribution in [2.45, 2.75) is 52.6 Å². The van der Waals surface area contributed by atoms with Crippen LogP contribution in [0.4, 0.5) is 10.2 Å². The molecule has 0 aliphatic carbocycles. The molecule has 0 fully saturated rings. The van der Waals surface area contributed by atoms with Gasteiger partial charge in [-0.15, -0.1) is 5.10 Å². The topological polar surface area (TPSA) is 106 Å². The molecule has 2 amide bonds. The van der Waals surface area contributed by atoms with E-state index in [1.165, 1.54) is 12.1 Å². The highest BCUT2D eigenvalue weighted by Gasteiger charge is 2.24. The summed E-state index contributed by atoms with van der Waals surface area (Å²) in [6.45, 7) is 6.78. The Bertz CT molecular complexity index is 1190. The van der Waals surface area contributed by atoms with Crippen LogP contribution in [0.1, 0.15) is 61.1 Å². The molecule has 0 spiro atoms. The van der Waals surface area contributed by atoms with Gasteiger partial charge in [0, 0.05) is 19.5 Å². The first-order chi connectivity index (χ1) is 15.9. The molecule has 1 aromatic carbocycles. The minimum Gasteiger partial charge on any atom is -0.338 e. The standard InChI is InChI=1S/C23H26FN7O2/c1-4-6-21(32)30-10-9-15-12-18(24)17(11-16(15)13-30)23(33)26-20-8-5-7-19(25-20)22-27-28-29-31(22)14(2)3/h5,7-8,11-12,14H,4,6,9-10,13H2,1-3H3,(H,25,26,33). The van der Waals surface area contributed by atoms with Gasteiger partial charge in [-0.25, -0.2) is 14.1 Å². The molecule has 172 valence electrons. The number of nitrogens with one attached hydrogen (secondary N) is 1. The minimum absolute atomic E-state index is 0.0309. The molecule has 4 rings (SSSR count). The summed E-state index contributed by atoms with van der Waals surface area (Å²) in [5.41, 5.74) is 2.01. The van der Waals surface area contributed by atoms with Gasteiger partial charge in [-0.2, -0.15) is 0 Å². The highest BCUT2D eigenvalue weighted by molar-refractivity contribution is 6.04. The number of amides is 2. The van der Waals surface area contributed by atoms with E-state index >= 15 is 0 Å². The number of fused-ring (bicyclic) bond motifs is 1.